The summed E-state index contributed by atoms with van der Waals surface area (Å²) in [6.45, 7) is 2.22. The fourth-order valence-electron chi connectivity index (χ4n) is 5.54. The Morgan fingerprint density at radius 2 is 1.20 bits per heavy atom. The fourth-order valence-corrected chi connectivity index (χ4v) is 6.33. The molecule has 1 aliphatic rings. The summed E-state index contributed by atoms with van der Waals surface area (Å²) < 4.78 is 38.4. The zero-order valence-corrected chi connectivity index (χ0v) is 34.3. The van der Waals surface area contributed by atoms with Crippen molar-refractivity contribution >= 4 is 19.8 Å². The van der Waals surface area contributed by atoms with Gasteiger partial charge in [0.05, 0.1) is 32.0 Å². The fraction of sp³-hybridized carbons (Fsp3) is 0.762. The zero-order chi connectivity index (χ0) is 39.5. The van der Waals surface area contributed by atoms with Crippen LogP contribution in [0.5, 0.6) is 0 Å². The van der Waals surface area contributed by atoms with Gasteiger partial charge in [-0.15, -0.1) is 0 Å². The number of ether oxygens (including phenoxy) is 3. The number of hydrogen-bond acceptors (Lipinski definition) is 10. The number of carbonyl (C=O) groups is 2. The van der Waals surface area contributed by atoms with Crippen LogP contribution in [0, 0.1) is 0 Å². The summed E-state index contributed by atoms with van der Waals surface area (Å²) in [6, 6.07) is 0. The number of allylic oxidation sites excluding steroid dienone is 7. The van der Waals surface area contributed by atoms with Crippen LogP contribution in [0.1, 0.15) is 155 Å². The van der Waals surface area contributed by atoms with Crippen molar-refractivity contribution in [2.75, 3.05) is 26.4 Å². The first-order valence-electron chi connectivity index (χ1n) is 20.7. The van der Waals surface area contributed by atoms with Crippen LogP contribution in [0.4, 0.5) is 0 Å². The summed E-state index contributed by atoms with van der Waals surface area (Å²) in [7, 11) is -4.64. The van der Waals surface area contributed by atoms with Crippen molar-refractivity contribution in [3.8, 4) is 0 Å². The SMILES string of the molecule is CCCCC/C=C\C/C=C\C/C=C\CC1OC1CCCC(=O)OC[C@H](COP(=O)(O)OC[C@@H](O)CO)OC(=O)CCCCCCC/C=C\CCCCCC. The Morgan fingerprint density at radius 1 is 0.667 bits per heavy atom. The quantitative estimate of drug-likeness (QED) is 0.0181. The van der Waals surface area contributed by atoms with E-state index < -0.39 is 51.8 Å². The molecule has 0 saturated carbocycles. The van der Waals surface area contributed by atoms with E-state index in [0.29, 0.717) is 12.8 Å². The lowest BCUT2D eigenvalue weighted by molar-refractivity contribution is -0.161. The van der Waals surface area contributed by atoms with Gasteiger partial charge in [0.1, 0.15) is 12.7 Å². The van der Waals surface area contributed by atoms with Crippen molar-refractivity contribution in [3.63, 3.8) is 0 Å². The van der Waals surface area contributed by atoms with E-state index in [0.717, 1.165) is 70.6 Å². The van der Waals surface area contributed by atoms with Gasteiger partial charge >= 0.3 is 19.8 Å². The van der Waals surface area contributed by atoms with E-state index in [-0.39, 0.29) is 31.7 Å². The lowest BCUT2D eigenvalue weighted by Gasteiger charge is -2.20. The van der Waals surface area contributed by atoms with Crippen molar-refractivity contribution in [3.05, 3.63) is 48.6 Å². The summed E-state index contributed by atoms with van der Waals surface area (Å²) in [5, 5.41) is 18.3. The second-order valence-electron chi connectivity index (χ2n) is 14.0. The maximum atomic E-state index is 12.6. The summed E-state index contributed by atoms with van der Waals surface area (Å²) in [4.78, 5) is 35.0. The highest BCUT2D eigenvalue weighted by atomic mass is 31.2. The molecule has 1 heterocycles. The van der Waals surface area contributed by atoms with Crippen LogP contribution in [-0.4, -0.2) is 77.9 Å². The van der Waals surface area contributed by atoms with E-state index in [1.54, 1.807) is 0 Å². The van der Waals surface area contributed by atoms with Crippen LogP contribution in [0.3, 0.4) is 0 Å². The Morgan fingerprint density at radius 3 is 1.89 bits per heavy atom. The Kier molecular flexibility index (Phi) is 31.6. The van der Waals surface area contributed by atoms with Crippen molar-refractivity contribution in [2.24, 2.45) is 0 Å². The van der Waals surface area contributed by atoms with Crippen LogP contribution in [0.15, 0.2) is 48.6 Å². The first-order chi connectivity index (χ1) is 26.2. The molecule has 3 unspecified atom stereocenters. The third-order valence-electron chi connectivity index (χ3n) is 8.88. The second-order valence-corrected chi connectivity index (χ2v) is 15.5. The first-order valence-corrected chi connectivity index (χ1v) is 22.2. The van der Waals surface area contributed by atoms with E-state index in [1.807, 2.05) is 0 Å². The molecule has 1 aliphatic heterocycles. The standard InChI is InChI=1S/C42H73O11P/c1-3-5-7-9-11-13-15-17-19-21-23-25-27-31-42(46)52-38(36-51-54(47,48)50-34-37(44)33-43)35-49-41(45)32-28-30-40-39(53-40)29-26-24-22-20-18-16-14-12-10-8-6-4-2/h12-15,18,20,24,26,37-40,43-44H,3-11,16-17,19,21-23,25,27-36H2,1-2H3,(H,47,48)/b14-12-,15-13-,20-18-,26-24-/t37-,38+,39?,40?/m0/s1. The van der Waals surface area contributed by atoms with Crippen molar-refractivity contribution in [1.82, 2.24) is 0 Å². The molecule has 54 heavy (non-hydrogen) atoms. The normalized spacial score (nSPS) is 18.2. The minimum atomic E-state index is -4.64. The average molecular weight is 785 g/mol. The van der Waals surface area contributed by atoms with E-state index in [4.69, 9.17) is 23.8 Å². The molecule has 0 amide bonds. The monoisotopic (exact) mass is 784 g/mol. The highest BCUT2D eigenvalue weighted by Gasteiger charge is 2.36. The number of epoxide rings is 1. The highest BCUT2D eigenvalue weighted by Crippen LogP contribution is 2.43. The summed E-state index contributed by atoms with van der Waals surface area (Å²) >= 11 is 0. The molecule has 0 aromatic rings. The molecule has 11 nitrogen and oxygen atoms in total. The Balaban J connectivity index is 2.33. The summed E-state index contributed by atoms with van der Waals surface area (Å²) in [5.41, 5.74) is 0. The number of rotatable bonds is 37. The van der Waals surface area contributed by atoms with Crippen LogP contribution in [0.2, 0.25) is 0 Å². The van der Waals surface area contributed by atoms with Gasteiger partial charge in [0.25, 0.3) is 0 Å². The molecule has 1 saturated heterocycles. The van der Waals surface area contributed by atoms with E-state index in [1.165, 1.54) is 44.9 Å². The van der Waals surface area contributed by atoms with Gasteiger partial charge in [0, 0.05) is 12.8 Å². The molecular formula is C42H73O11P. The second kappa shape index (κ2) is 34.2. The largest absolute Gasteiger partial charge is 0.472 e. The molecule has 0 bridgehead atoms. The van der Waals surface area contributed by atoms with Gasteiger partial charge in [-0.25, -0.2) is 4.57 Å². The molecule has 1 fully saturated rings. The number of hydrogen-bond donors (Lipinski definition) is 3. The van der Waals surface area contributed by atoms with Crippen molar-refractivity contribution in [2.45, 2.75) is 180 Å². The van der Waals surface area contributed by atoms with Crippen LogP contribution in [-0.2, 0) is 37.4 Å². The number of aliphatic hydroxyl groups excluding tert-OH is 2. The van der Waals surface area contributed by atoms with Crippen molar-refractivity contribution in [1.29, 1.82) is 0 Å². The lowest BCUT2D eigenvalue weighted by Crippen LogP contribution is -2.29. The first kappa shape index (κ1) is 49.9. The van der Waals surface area contributed by atoms with Gasteiger partial charge in [0.2, 0.25) is 0 Å². The van der Waals surface area contributed by atoms with Gasteiger partial charge in [-0.3, -0.25) is 18.6 Å². The molecule has 0 aromatic carbocycles. The number of phosphoric acid groups is 1. The number of esters is 2. The smallest absolute Gasteiger partial charge is 0.462 e. The van der Waals surface area contributed by atoms with Crippen molar-refractivity contribution < 1.29 is 52.5 Å². The number of unbranched alkanes of at least 4 members (excludes halogenated alkanes) is 12. The third-order valence-corrected chi connectivity index (χ3v) is 9.83. The summed E-state index contributed by atoms with van der Waals surface area (Å²) in [5.74, 6) is -1.01. The average Bonchev–Trinajstić information content (AvgIpc) is 3.91. The van der Waals surface area contributed by atoms with Gasteiger partial charge in [-0.2, -0.15) is 0 Å². The number of aliphatic hydroxyl groups is 2. The topological polar surface area (TPSA) is 161 Å². The van der Waals surface area contributed by atoms with Gasteiger partial charge < -0.3 is 29.3 Å². The zero-order valence-electron chi connectivity index (χ0n) is 33.4. The highest BCUT2D eigenvalue weighted by molar-refractivity contribution is 7.47. The Labute approximate surface area is 326 Å². The maximum absolute atomic E-state index is 12.6. The predicted molar refractivity (Wildman–Crippen MR) is 214 cm³/mol. The molecular weight excluding hydrogens is 711 g/mol. The molecule has 5 atom stereocenters. The Hall–Kier alpha value is -2.11. The number of phosphoric ester groups is 1. The van der Waals surface area contributed by atoms with E-state index in [9.17, 15) is 24.2 Å². The predicted octanol–water partition coefficient (Wildman–Crippen LogP) is 9.54. The molecule has 312 valence electrons. The van der Waals surface area contributed by atoms with Crippen LogP contribution < -0.4 is 0 Å². The van der Waals surface area contributed by atoms with E-state index >= 15 is 0 Å². The Bertz CT molecular complexity index is 1110. The molecule has 0 radical (unpaired) electrons. The maximum Gasteiger partial charge on any atom is 0.472 e. The number of carbonyl (C=O) groups excluding carboxylic acids is 2. The molecule has 0 aromatic heterocycles. The van der Waals surface area contributed by atoms with Gasteiger partial charge in [-0.1, -0.05) is 114 Å². The molecule has 0 aliphatic carbocycles. The molecule has 0 spiro atoms. The molecule has 12 heteroatoms. The van der Waals surface area contributed by atoms with Crippen LogP contribution >= 0.6 is 7.82 Å². The van der Waals surface area contributed by atoms with E-state index in [2.05, 4.69) is 67.0 Å². The lowest BCUT2D eigenvalue weighted by atomic mass is 10.1. The minimum Gasteiger partial charge on any atom is -0.462 e. The summed E-state index contributed by atoms with van der Waals surface area (Å²) in [6.07, 6.45) is 36.7. The van der Waals surface area contributed by atoms with Gasteiger partial charge in [-0.05, 0) is 77.0 Å². The molecule has 1 rings (SSSR count). The van der Waals surface area contributed by atoms with Crippen LogP contribution in [0.25, 0.3) is 0 Å². The van der Waals surface area contributed by atoms with Gasteiger partial charge in [0.15, 0.2) is 6.10 Å². The minimum absolute atomic E-state index is 0.114. The molecule has 3 N–H and O–H groups in total. The third kappa shape index (κ3) is 31.1.